The number of carbonyl (C=O) groups excluding carboxylic acids is 1. The Morgan fingerprint density at radius 1 is 0.474 bits per heavy atom. The fourth-order valence-corrected chi connectivity index (χ4v) is 17.6. The quantitative estimate of drug-likeness (QED) is 0.0400. The van der Waals surface area contributed by atoms with Gasteiger partial charge in [0.2, 0.25) is 0 Å². The van der Waals surface area contributed by atoms with Crippen LogP contribution in [0.3, 0.4) is 0 Å². The zero-order valence-corrected chi connectivity index (χ0v) is 77.1. The fraction of sp³-hybridized carbons (Fsp3) is 0.190. The highest BCUT2D eigenvalue weighted by molar-refractivity contribution is 7.72. The Labute approximate surface area is 786 Å². The molecule has 17 aromatic rings. The molecule has 11 heterocycles. The number of aryl methyl sites for hydroxylation is 2. The second-order valence-electron chi connectivity index (χ2n) is 33.5. The lowest BCUT2D eigenvalue weighted by Crippen LogP contribution is -2.16. The summed E-state index contributed by atoms with van der Waals surface area (Å²) in [6, 6.07) is 44.6. The SMILES string of the molecule is CC(C)c1cc(-c2[nH][nH]c(=O)c2-c2ncnc3c2N=CC3)c(O)cc1O.CC(C)c1cc(-c2[nH][nH]c(=S)c2-c2cccc3c2N=CC3)c(O)cc1O.CC(C)c1cc(-c2[nH][nH]c(=S)c2-c2ccnc3ccccc23)c(O)cc1O.CC(C)c1cc(-c2[nH]nc(OC(N)=O)c2-c2ccc3c(ccn3C)c2)c(O)cc1O.CCc1cc(-c2[nH][nH]c(=S)c2-c2cccc3c2OCCO3)c(O)cc1O. The normalized spacial score (nSPS) is 12.2. The van der Waals surface area contributed by atoms with Crippen molar-refractivity contribution >= 4 is 88.4 Å². The Kier molecular flexibility index (Phi) is 26.1. The number of benzene rings is 9. The molecule has 0 aliphatic carbocycles. The molecule has 3 aliphatic heterocycles. The highest BCUT2D eigenvalue weighted by Crippen LogP contribution is 2.52. The van der Waals surface area contributed by atoms with E-state index in [2.05, 4.69) is 82.0 Å². The third-order valence-corrected chi connectivity index (χ3v) is 24.4. The zero-order chi connectivity index (χ0) is 95.8. The highest BCUT2D eigenvalue weighted by atomic mass is 32.1. The Morgan fingerprint density at radius 3 is 1.54 bits per heavy atom. The number of nitrogens with two attached hydrogens (primary N) is 1. The molecule has 1 amide bonds. The molecule has 8 aromatic heterocycles. The average Bonchev–Trinajstić information content (AvgIpc) is 1.74. The number of aromatic hydroxyl groups is 10. The van der Waals surface area contributed by atoms with Gasteiger partial charge in [0.1, 0.15) is 102 Å². The van der Waals surface area contributed by atoms with Gasteiger partial charge in [-0.05, 0) is 141 Å². The number of aromatic amines is 9. The summed E-state index contributed by atoms with van der Waals surface area (Å²) >= 11 is 16.5. The van der Waals surface area contributed by atoms with E-state index < -0.39 is 6.09 Å². The Hall–Kier alpha value is -16.3. The second-order valence-corrected chi connectivity index (χ2v) is 34.7. The zero-order valence-electron chi connectivity index (χ0n) is 74.6. The molecule has 0 fully saturated rings. The van der Waals surface area contributed by atoms with Gasteiger partial charge in [0.15, 0.2) is 11.5 Å². The van der Waals surface area contributed by atoms with Crippen LogP contribution in [0.4, 0.5) is 16.2 Å². The van der Waals surface area contributed by atoms with Crippen molar-refractivity contribution < 1.29 is 70.1 Å². The van der Waals surface area contributed by atoms with E-state index in [0.29, 0.717) is 141 Å². The number of nitrogens with one attached hydrogen (secondary N) is 9. The van der Waals surface area contributed by atoms with Crippen molar-refractivity contribution in [3.8, 4) is 187 Å². The lowest BCUT2D eigenvalue weighted by atomic mass is 9.94. The predicted molar refractivity (Wildman–Crippen MR) is 527 cm³/mol. The molecule has 3 aliphatic rings. The number of phenols is 10. The van der Waals surface area contributed by atoms with E-state index in [9.17, 15) is 60.7 Å². The first kappa shape index (κ1) is 92.0. The van der Waals surface area contributed by atoms with Crippen LogP contribution in [0.15, 0.2) is 185 Å². The summed E-state index contributed by atoms with van der Waals surface area (Å²) in [6.07, 6.45) is 9.75. The summed E-state index contributed by atoms with van der Waals surface area (Å²) in [5, 5.41) is 135. The number of pyridine rings is 1. The van der Waals surface area contributed by atoms with Crippen LogP contribution in [0, 0.1) is 13.9 Å². The number of primary amides is 1. The van der Waals surface area contributed by atoms with Gasteiger partial charge < -0.3 is 75.6 Å². The number of carbonyl (C=O) groups is 1. The van der Waals surface area contributed by atoms with Gasteiger partial charge in [-0.3, -0.25) is 65.7 Å². The molecule has 0 saturated heterocycles. The maximum absolute atomic E-state index is 12.5. The molecular weight excluding hydrogens is 1780 g/mol. The van der Waals surface area contributed by atoms with Crippen molar-refractivity contribution in [2.45, 2.75) is 105 Å². The largest absolute Gasteiger partial charge is 0.508 e. The molecule has 0 radical (unpaired) electrons. The first-order chi connectivity index (χ1) is 64.8. The number of ether oxygens (including phenoxy) is 3. The van der Waals surface area contributed by atoms with Crippen LogP contribution in [-0.4, -0.2) is 153 Å². The van der Waals surface area contributed by atoms with Gasteiger partial charge in [-0.2, -0.15) is 0 Å². The molecule has 0 bridgehead atoms. The number of H-pyrrole nitrogens is 9. The Morgan fingerprint density at radius 2 is 0.970 bits per heavy atom. The number of aromatic nitrogens is 14. The fourth-order valence-electron chi connectivity index (χ4n) is 16.8. The van der Waals surface area contributed by atoms with Crippen molar-refractivity contribution in [1.29, 1.82) is 0 Å². The van der Waals surface area contributed by atoms with Crippen LogP contribution < -0.4 is 25.5 Å². The predicted octanol–water partition coefficient (Wildman–Crippen LogP) is 21.7. The number of para-hydroxylation sites is 3. The molecule has 20 rings (SSSR count). The molecule has 21 N–H and O–H groups in total. The number of hydrogen-bond donors (Lipinski definition) is 20. The molecule has 35 heteroatoms. The lowest BCUT2D eigenvalue weighted by Gasteiger charge is -2.21. The smallest absolute Gasteiger partial charge is 0.411 e. The molecule has 0 atom stereocenters. The number of amides is 1. The van der Waals surface area contributed by atoms with E-state index in [-0.39, 0.29) is 98.2 Å². The Bertz CT molecular complexity index is 7630. The van der Waals surface area contributed by atoms with Crippen LogP contribution in [-0.2, 0) is 26.3 Å². The van der Waals surface area contributed by atoms with Gasteiger partial charge in [-0.25, -0.2) is 14.8 Å². The number of aliphatic imine (C=N–C) groups is 2. The van der Waals surface area contributed by atoms with Crippen molar-refractivity contribution in [2.75, 3.05) is 13.2 Å². The molecule has 0 spiro atoms. The third-order valence-electron chi connectivity index (χ3n) is 23.5. The van der Waals surface area contributed by atoms with Gasteiger partial charge in [-0.15, -0.1) is 5.10 Å². The second kappa shape index (κ2) is 38.3. The summed E-state index contributed by atoms with van der Waals surface area (Å²) in [5.74, 6) is 1.52. The van der Waals surface area contributed by atoms with Gasteiger partial charge in [-0.1, -0.05) is 154 Å². The first-order valence-electron chi connectivity index (χ1n) is 43.2. The number of nitrogens with zero attached hydrogens (tertiary/aromatic N) is 7. The number of rotatable bonds is 16. The topological polar surface area (TPSA) is 513 Å². The van der Waals surface area contributed by atoms with Crippen molar-refractivity contribution in [1.82, 2.24) is 70.5 Å². The van der Waals surface area contributed by atoms with Gasteiger partial charge in [0, 0.05) is 147 Å². The average molecular weight is 1870 g/mol. The van der Waals surface area contributed by atoms with Crippen LogP contribution in [0.5, 0.6) is 74.9 Å². The molecule has 0 saturated carbocycles. The highest BCUT2D eigenvalue weighted by Gasteiger charge is 2.31. The number of fused-ring (bicyclic) bond motifs is 5. The van der Waals surface area contributed by atoms with E-state index in [0.717, 1.165) is 95.2 Å². The summed E-state index contributed by atoms with van der Waals surface area (Å²) in [4.78, 5) is 45.6. The molecule has 688 valence electrons. The Balaban J connectivity index is 0.000000123. The maximum atomic E-state index is 12.5. The molecule has 32 nitrogen and oxygen atoms in total. The third kappa shape index (κ3) is 18.2. The summed E-state index contributed by atoms with van der Waals surface area (Å²) in [6.45, 7) is 18.6. The van der Waals surface area contributed by atoms with Gasteiger partial charge in [0.25, 0.3) is 11.4 Å². The molecule has 0 unspecified atom stereocenters. The van der Waals surface area contributed by atoms with E-state index in [1.165, 1.54) is 36.7 Å². The van der Waals surface area contributed by atoms with E-state index in [1.807, 2.05) is 171 Å². The van der Waals surface area contributed by atoms with Crippen LogP contribution >= 0.6 is 36.7 Å². The first-order valence-corrected chi connectivity index (χ1v) is 44.4. The summed E-state index contributed by atoms with van der Waals surface area (Å²) in [7, 11) is 1.95. The molecular formula is C100H95N17O15S3. The minimum absolute atomic E-state index is 0.00511. The van der Waals surface area contributed by atoms with E-state index in [4.69, 9.17) is 56.6 Å². The molecule has 135 heavy (non-hydrogen) atoms. The van der Waals surface area contributed by atoms with Crippen LogP contribution in [0.2, 0.25) is 0 Å². The minimum Gasteiger partial charge on any atom is -0.508 e. The van der Waals surface area contributed by atoms with Crippen molar-refractivity contribution in [3.05, 3.63) is 234 Å². The minimum atomic E-state index is -0.993. The molecule has 9 aromatic carbocycles. The number of hydrogen-bond acceptors (Lipinski definition) is 24. The van der Waals surface area contributed by atoms with Crippen LogP contribution in [0.25, 0.3) is 134 Å². The van der Waals surface area contributed by atoms with E-state index in [1.54, 1.807) is 42.7 Å². The van der Waals surface area contributed by atoms with Crippen molar-refractivity contribution in [3.63, 3.8) is 0 Å². The van der Waals surface area contributed by atoms with Crippen LogP contribution in [0.1, 0.15) is 125 Å². The number of phenolic OH excluding ortho intramolecular Hbond substituents is 10. The van der Waals surface area contributed by atoms with Crippen molar-refractivity contribution in [2.24, 2.45) is 22.8 Å². The maximum Gasteiger partial charge on any atom is 0.411 e. The summed E-state index contributed by atoms with van der Waals surface area (Å²) < 4.78 is 20.2. The van der Waals surface area contributed by atoms with Gasteiger partial charge in [0.05, 0.1) is 56.5 Å². The standard InChI is InChI=1S/C22H22N4O4.C21H19N3O2S.C20H19N3O2S.C19H18N2O4S.C18H17N5O3/c1-11(2)14-9-15(18(28)10-17(14)27)20-19(21(25-24-20)30-22(23)29)13-4-5-16-12(8-13)6-7-26(16)3;1-11(2)14-9-15(18(26)10-17(14)25)20-19(21(27)24-23-20)13-7-8-22-16-6-4-3-5-12(13)16;1-10(2)13-8-14(16(25)9-15(13)24)19-17(20(26)23-22-19)12-5-3-4-11-6-7-21-18(11)12;1-2-10-8-12(14(23)9-13(10)22)17-16(19(26)21-20-17)11-4-3-5-15-18(11)25-7-6-24-15;1-8(2)9-5-10(13(25)6-12(9)24)15-14(18(26)23-22-15)17-16-11(3-4-19-16)20-7-21-17/h4-11,27-28H,1-3H3,(H2,23,29)(H,24,25);3-11,25-26H,1-2H3,(H2,23,24,27);3-5,7-10,24-25H,6H2,1-2H3,(H2,22,23,26);3-5,8-9,22-23H,2,6-7H2,1H3,(H2,20,21,26);4-8,24-25H,3H2,1-2H3,(H2,22,23,26). The van der Waals surface area contributed by atoms with E-state index >= 15 is 0 Å². The van der Waals surface area contributed by atoms with Gasteiger partial charge >= 0.3 is 6.09 Å². The summed E-state index contributed by atoms with van der Waals surface area (Å²) in [5.41, 5.74) is 25.9. The monoisotopic (exact) mass is 1870 g/mol. The lowest BCUT2D eigenvalue weighted by molar-refractivity contribution is 0.172.